The zero-order chi connectivity index (χ0) is 16.9. The third-order valence-electron chi connectivity index (χ3n) is 5.18. The molecule has 1 aliphatic rings. The zero-order valence-corrected chi connectivity index (χ0v) is 14.2. The van der Waals surface area contributed by atoms with Crippen LogP contribution in [0.25, 0.3) is 0 Å². The van der Waals surface area contributed by atoms with E-state index in [1.54, 1.807) is 4.90 Å². The zero-order valence-electron chi connectivity index (χ0n) is 14.2. The van der Waals surface area contributed by atoms with Gasteiger partial charge in [-0.2, -0.15) is 0 Å². The highest BCUT2D eigenvalue weighted by molar-refractivity contribution is 6.05. The molecule has 0 radical (unpaired) electrons. The van der Waals surface area contributed by atoms with Gasteiger partial charge in [0, 0.05) is 24.9 Å². The van der Waals surface area contributed by atoms with Crippen LogP contribution < -0.4 is 4.90 Å². The Hall–Kier alpha value is -2.13. The van der Waals surface area contributed by atoms with Crippen molar-refractivity contribution in [2.24, 2.45) is 5.92 Å². The highest BCUT2D eigenvalue weighted by Gasteiger charge is 2.22. The summed E-state index contributed by atoms with van der Waals surface area (Å²) < 4.78 is 0. The van der Waals surface area contributed by atoms with Gasteiger partial charge in [0.05, 0.1) is 0 Å². The van der Waals surface area contributed by atoms with Crippen LogP contribution in [-0.4, -0.2) is 24.7 Å². The summed E-state index contributed by atoms with van der Waals surface area (Å²) in [6.45, 7) is 0.311. The molecular formula is C21H25NO2. The highest BCUT2D eigenvalue weighted by atomic mass is 16.3. The summed E-state index contributed by atoms with van der Waals surface area (Å²) in [4.78, 5) is 14.3. The fraction of sp³-hybridized carbons (Fsp3) is 0.381. The van der Waals surface area contributed by atoms with Crippen LogP contribution in [0.4, 0.5) is 5.69 Å². The van der Waals surface area contributed by atoms with Gasteiger partial charge in [-0.15, -0.1) is 0 Å². The van der Waals surface area contributed by atoms with E-state index >= 15 is 0 Å². The van der Waals surface area contributed by atoms with Gasteiger partial charge in [0.2, 0.25) is 0 Å². The van der Waals surface area contributed by atoms with E-state index in [0.717, 1.165) is 31.4 Å². The number of carbonyl (C=O) groups excluding carboxylic acids is 1. The molecule has 1 saturated carbocycles. The van der Waals surface area contributed by atoms with Crippen LogP contribution in [0.3, 0.4) is 0 Å². The minimum absolute atomic E-state index is 0.0109. The van der Waals surface area contributed by atoms with Crippen LogP contribution in [0, 0.1) is 5.92 Å². The van der Waals surface area contributed by atoms with Gasteiger partial charge in [0.15, 0.2) is 0 Å². The van der Waals surface area contributed by atoms with Crippen LogP contribution in [-0.2, 0) is 0 Å². The molecule has 0 spiro atoms. The van der Waals surface area contributed by atoms with Crippen LogP contribution in [0.5, 0.6) is 0 Å². The van der Waals surface area contributed by atoms with E-state index in [0.29, 0.717) is 24.0 Å². The number of anilines is 1. The Bertz CT molecular complexity index is 658. The number of benzene rings is 2. The summed E-state index contributed by atoms with van der Waals surface area (Å²) in [5.41, 5.74) is 2.92. The lowest BCUT2D eigenvalue weighted by molar-refractivity contribution is 0.0993. The van der Waals surface area contributed by atoms with Crippen molar-refractivity contribution in [1.29, 1.82) is 0 Å². The Kier molecular flexibility index (Phi) is 5.31. The molecule has 3 rings (SSSR count). The lowest BCUT2D eigenvalue weighted by atomic mass is 9.79. The van der Waals surface area contributed by atoms with Crippen molar-refractivity contribution < 1.29 is 9.90 Å². The Morgan fingerprint density at radius 1 is 1.00 bits per heavy atom. The second-order valence-corrected chi connectivity index (χ2v) is 6.72. The molecule has 3 heteroatoms. The molecule has 3 nitrogen and oxygen atoms in total. The summed E-state index contributed by atoms with van der Waals surface area (Å²) in [6, 6.07) is 17.8. The number of carbonyl (C=O) groups is 1. The Labute approximate surface area is 143 Å². The standard InChI is InChI=1S/C21H25NO2/c1-22(20-5-3-2-4-6-20)21(24)19-13-11-18(12-14-19)17-9-7-16(15-23)8-10-17/h2-6,11-14,16-17,23H,7-10,15H2,1H3. The first-order valence-electron chi connectivity index (χ1n) is 8.73. The molecule has 0 saturated heterocycles. The van der Waals surface area contributed by atoms with E-state index in [1.165, 1.54) is 5.56 Å². The minimum Gasteiger partial charge on any atom is -0.396 e. The number of hydrogen-bond acceptors (Lipinski definition) is 2. The maximum atomic E-state index is 12.6. The molecule has 0 atom stereocenters. The molecule has 1 fully saturated rings. The van der Waals surface area contributed by atoms with Crippen molar-refractivity contribution in [3.8, 4) is 0 Å². The van der Waals surface area contributed by atoms with Crippen LogP contribution >= 0.6 is 0 Å². The normalized spacial score (nSPS) is 20.6. The average molecular weight is 323 g/mol. The molecule has 2 aromatic carbocycles. The number of amides is 1. The monoisotopic (exact) mass is 323 g/mol. The topological polar surface area (TPSA) is 40.5 Å². The van der Waals surface area contributed by atoms with Crippen molar-refractivity contribution in [3.63, 3.8) is 0 Å². The van der Waals surface area contributed by atoms with E-state index < -0.39 is 0 Å². The summed E-state index contributed by atoms with van der Waals surface area (Å²) in [5.74, 6) is 1.04. The van der Waals surface area contributed by atoms with Crippen LogP contribution in [0.1, 0.15) is 47.5 Å². The summed E-state index contributed by atoms with van der Waals surface area (Å²) in [6.07, 6.45) is 4.45. The largest absolute Gasteiger partial charge is 0.396 e. The SMILES string of the molecule is CN(C(=O)c1ccc(C2CCC(CO)CC2)cc1)c1ccccc1. The summed E-state index contributed by atoms with van der Waals surface area (Å²) >= 11 is 0. The smallest absolute Gasteiger partial charge is 0.258 e. The predicted octanol–water partition coefficient (Wildman–Crippen LogP) is 4.23. The molecule has 0 bridgehead atoms. The van der Waals surface area contributed by atoms with E-state index in [4.69, 9.17) is 0 Å². The van der Waals surface area contributed by atoms with Gasteiger partial charge in [0.1, 0.15) is 0 Å². The van der Waals surface area contributed by atoms with Gasteiger partial charge in [-0.1, -0.05) is 30.3 Å². The number of hydrogen-bond donors (Lipinski definition) is 1. The number of rotatable bonds is 4. The molecule has 0 aliphatic heterocycles. The number of aliphatic hydroxyl groups excluding tert-OH is 1. The molecule has 1 N–H and O–H groups in total. The van der Waals surface area contributed by atoms with E-state index in [-0.39, 0.29) is 5.91 Å². The molecule has 0 aromatic heterocycles. The Morgan fingerprint density at radius 3 is 2.21 bits per heavy atom. The van der Waals surface area contributed by atoms with Gasteiger partial charge in [-0.25, -0.2) is 0 Å². The molecule has 126 valence electrons. The quantitative estimate of drug-likeness (QED) is 0.915. The molecule has 0 heterocycles. The summed E-state index contributed by atoms with van der Waals surface area (Å²) in [7, 11) is 1.81. The van der Waals surface area contributed by atoms with Crippen molar-refractivity contribution in [2.45, 2.75) is 31.6 Å². The molecular weight excluding hydrogens is 298 g/mol. The number of nitrogens with zero attached hydrogens (tertiary/aromatic N) is 1. The van der Waals surface area contributed by atoms with Crippen LogP contribution in [0.2, 0.25) is 0 Å². The van der Waals surface area contributed by atoms with Crippen molar-refractivity contribution in [2.75, 3.05) is 18.6 Å². The summed E-state index contributed by atoms with van der Waals surface area (Å²) in [5, 5.41) is 9.25. The third kappa shape index (κ3) is 3.68. The van der Waals surface area contributed by atoms with Crippen molar-refractivity contribution in [1.82, 2.24) is 0 Å². The minimum atomic E-state index is 0.0109. The fourth-order valence-corrected chi connectivity index (χ4v) is 3.54. The molecule has 24 heavy (non-hydrogen) atoms. The van der Waals surface area contributed by atoms with E-state index in [9.17, 15) is 9.90 Å². The maximum absolute atomic E-state index is 12.6. The second-order valence-electron chi connectivity index (χ2n) is 6.72. The van der Waals surface area contributed by atoms with Crippen LogP contribution in [0.15, 0.2) is 54.6 Å². The average Bonchev–Trinajstić information content (AvgIpc) is 2.68. The third-order valence-corrected chi connectivity index (χ3v) is 5.18. The van der Waals surface area contributed by atoms with Gasteiger partial charge in [0.25, 0.3) is 5.91 Å². The fourth-order valence-electron chi connectivity index (χ4n) is 3.54. The molecule has 1 aliphatic carbocycles. The van der Waals surface area contributed by atoms with Gasteiger partial charge < -0.3 is 10.0 Å². The molecule has 0 unspecified atom stereocenters. The first kappa shape index (κ1) is 16.7. The van der Waals surface area contributed by atoms with Gasteiger partial charge in [-0.3, -0.25) is 4.79 Å². The number of aliphatic hydroxyl groups is 1. The lowest BCUT2D eigenvalue weighted by Gasteiger charge is -2.27. The lowest BCUT2D eigenvalue weighted by Crippen LogP contribution is -2.26. The van der Waals surface area contributed by atoms with Crippen molar-refractivity contribution >= 4 is 11.6 Å². The van der Waals surface area contributed by atoms with E-state index in [1.807, 2.05) is 49.5 Å². The first-order chi connectivity index (χ1) is 11.7. The maximum Gasteiger partial charge on any atom is 0.258 e. The molecule has 2 aromatic rings. The Morgan fingerprint density at radius 2 is 1.62 bits per heavy atom. The van der Waals surface area contributed by atoms with E-state index in [2.05, 4.69) is 12.1 Å². The molecule has 1 amide bonds. The predicted molar refractivity (Wildman–Crippen MR) is 97.4 cm³/mol. The second kappa shape index (κ2) is 7.63. The Balaban J connectivity index is 1.67. The van der Waals surface area contributed by atoms with Crippen molar-refractivity contribution in [3.05, 3.63) is 65.7 Å². The first-order valence-corrected chi connectivity index (χ1v) is 8.73. The van der Waals surface area contributed by atoms with Gasteiger partial charge in [-0.05, 0) is 67.3 Å². The van der Waals surface area contributed by atoms with Gasteiger partial charge >= 0.3 is 0 Å². The highest BCUT2D eigenvalue weighted by Crippen LogP contribution is 2.35. The number of para-hydroxylation sites is 1.